The number of hydrogen-bond acceptors (Lipinski definition) is 2. The van der Waals surface area contributed by atoms with Gasteiger partial charge >= 0.3 is 0 Å². The van der Waals surface area contributed by atoms with Gasteiger partial charge in [0, 0.05) is 33.4 Å². The number of furan rings is 1. The Kier molecular flexibility index (Phi) is 8.53. The van der Waals surface area contributed by atoms with E-state index in [1.165, 1.54) is 65.7 Å². The van der Waals surface area contributed by atoms with Crippen molar-refractivity contribution in [2.24, 2.45) is 0 Å². The van der Waals surface area contributed by atoms with E-state index in [1.54, 1.807) is 0 Å². The van der Waals surface area contributed by atoms with Gasteiger partial charge < -0.3 is 9.32 Å². The van der Waals surface area contributed by atoms with Gasteiger partial charge in [0.05, 0.1) is 0 Å². The van der Waals surface area contributed by atoms with Crippen LogP contribution in [0.15, 0.2) is 241 Å². The molecular formula is C60H39NO. The molecule has 0 spiro atoms. The molecule has 0 saturated heterocycles. The van der Waals surface area contributed by atoms with Gasteiger partial charge in [-0.3, -0.25) is 0 Å². The molecule has 0 aliphatic carbocycles. The summed E-state index contributed by atoms with van der Waals surface area (Å²) in [5.74, 6) is 0. The van der Waals surface area contributed by atoms with E-state index in [9.17, 15) is 0 Å². The van der Waals surface area contributed by atoms with Crippen molar-refractivity contribution in [3.63, 3.8) is 0 Å². The molecule has 290 valence electrons. The average Bonchev–Trinajstić information content (AvgIpc) is 3.74. The largest absolute Gasteiger partial charge is 0.455 e. The zero-order valence-electron chi connectivity index (χ0n) is 33.9. The van der Waals surface area contributed by atoms with Crippen LogP contribution in [0.25, 0.3) is 98.8 Å². The van der Waals surface area contributed by atoms with Gasteiger partial charge in [-0.15, -0.1) is 0 Å². The van der Waals surface area contributed by atoms with Gasteiger partial charge in [-0.25, -0.2) is 0 Å². The highest BCUT2D eigenvalue weighted by Gasteiger charge is 2.17. The van der Waals surface area contributed by atoms with Crippen molar-refractivity contribution in [1.29, 1.82) is 0 Å². The molecule has 0 fully saturated rings. The monoisotopic (exact) mass is 789 g/mol. The maximum atomic E-state index is 6.44. The Morgan fingerprint density at radius 3 is 1.50 bits per heavy atom. The first-order chi connectivity index (χ1) is 30.7. The van der Waals surface area contributed by atoms with Crippen molar-refractivity contribution in [3.05, 3.63) is 237 Å². The highest BCUT2D eigenvalue weighted by Crippen LogP contribution is 2.42. The lowest BCUT2D eigenvalue weighted by Gasteiger charge is -2.26. The smallest absolute Gasteiger partial charge is 0.143 e. The average molecular weight is 790 g/mol. The van der Waals surface area contributed by atoms with E-state index < -0.39 is 0 Å². The first-order valence-corrected chi connectivity index (χ1v) is 21.2. The highest BCUT2D eigenvalue weighted by atomic mass is 16.3. The van der Waals surface area contributed by atoms with E-state index in [0.717, 1.165) is 50.1 Å². The predicted molar refractivity (Wildman–Crippen MR) is 263 cm³/mol. The predicted octanol–water partition coefficient (Wildman–Crippen LogP) is 17.2. The summed E-state index contributed by atoms with van der Waals surface area (Å²) < 4.78 is 6.44. The van der Waals surface area contributed by atoms with E-state index in [1.807, 2.05) is 12.1 Å². The normalized spacial score (nSPS) is 11.5. The third-order valence-corrected chi connectivity index (χ3v) is 12.5. The fourth-order valence-electron chi connectivity index (χ4n) is 9.44. The first-order valence-electron chi connectivity index (χ1n) is 21.2. The molecule has 0 amide bonds. The summed E-state index contributed by atoms with van der Waals surface area (Å²) in [6.45, 7) is 0. The molecule has 0 radical (unpaired) electrons. The Morgan fingerprint density at radius 1 is 0.258 bits per heavy atom. The number of para-hydroxylation sites is 2. The van der Waals surface area contributed by atoms with Gasteiger partial charge in [-0.2, -0.15) is 0 Å². The van der Waals surface area contributed by atoms with Crippen molar-refractivity contribution in [3.8, 4) is 44.5 Å². The fourth-order valence-corrected chi connectivity index (χ4v) is 9.44. The summed E-state index contributed by atoms with van der Waals surface area (Å²) in [5, 5.41) is 9.82. The topological polar surface area (TPSA) is 16.4 Å². The molecule has 0 atom stereocenters. The molecule has 0 bridgehead atoms. The van der Waals surface area contributed by atoms with Gasteiger partial charge in [0.15, 0.2) is 0 Å². The van der Waals surface area contributed by atoms with Crippen molar-refractivity contribution in [2.45, 2.75) is 0 Å². The zero-order chi connectivity index (χ0) is 41.0. The standard InChI is InChI=1S/C60H39NO/c1-3-17-50-41(12-1)14-10-22-51(50)45-16-9-15-44(38-45)40-26-32-47(33-27-40)61(48-34-28-42(29-35-48)53-23-11-24-57-56-21-7-8-25-59(56)62-60(53)57)49-36-30-43(31-37-49)58-39-46-13-2-4-18-52(46)54-19-5-6-20-55(54)58/h1-39H. The van der Waals surface area contributed by atoms with Crippen LogP contribution in [0.4, 0.5) is 17.1 Å². The minimum atomic E-state index is 0.904. The lowest BCUT2D eigenvalue weighted by atomic mass is 9.93. The molecular weight excluding hydrogens is 751 g/mol. The molecule has 0 aliphatic heterocycles. The van der Waals surface area contributed by atoms with Crippen LogP contribution < -0.4 is 4.90 Å². The SMILES string of the molecule is c1cc(-c2ccc(N(c3ccc(-c4cc5ccccc5c5ccccc45)cc3)c3ccc(-c4cccc5c4oc4ccccc45)cc3)cc2)cc(-c2cccc3ccccc23)c1. The Balaban J connectivity index is 0.941. The van der Waals surface area contributed by atoms with Gasteiger partial charge in [-0.1, -0.05) is 182 Å². The van der Waals surface area contributed by atoms with Crippen molar-refractivity contribution < 1.29 is 4.42 Å². The van der Waals surface area contributed by atoms with Gasteiger partial charge in [0.1, 0.15) is 11.2 Å². The van der Waals surface area contributed by atoms with Crippen LogP contribution >= 0.6 is 0 Å². The Hall–Kier alpha value is -8.20. The summed E-state index contributed by atoms with van der Waals surface area (Å²) in [4.78, 5) is 2.35. The Labute approximate surface area is 360 Å². The molecule has 0 N–H and O–H groups in total. The highest BCUT2D eigenvalue weighted by molar-refractivity contribution is 6.14. The number of fused-ring (bicyclic) bond motifs is 7. The van der Waals surface area contributed by atoms with Crippen LogP contribution in [0.5, 0.6) is 0 Å². The molecule has 2 nitrogen and oxygen atoms in total. The maximum Gasteiger partial charge on any atom is 0.143 e. The molecule has 0 saturated carbocycles. The molecule has 1 heterocycles. The Bertz CT molecular complexity index is 3610. The minimum absolute atomic E-state index is 0.904. The van der Waals surface area contributed by atoms with E-state index in [0.29, 0.717) is 0 Å². The number of rotatable bonds is 7. The second-order valence-electron chi connectivity index (χ2n) is 16.1. The molecule has 0 aliphatic rings. The second kappa shape index (κ2) is 14.8. The maximum absolute atomic E-state index is 6.44. The van der Waals surface area contributed by atoms with Crippen LogP contribution in [-0.4, -0.2) is 0 Å². The van der Waals surface area contributed by atoms with Crippen LogP contribution in [0, 0.1) is 0 Å². The zero-order valence-corrected chi connectivity index (χ0v) is 33.9. The van der Waals surface area contributed by atoms with Crippen LogP contribution in [-0.2, 0) is 0 Å². The molecule has 12 rings (SSSR count). The van der Waals surface area contributed by atoms with E-state index >= 15 is 0 Å². The second-order valence-corrected chi connectivity index (χ2v) is 16.1. The number of anilines is 3. The lowest BCUT2D eigenvalue weighted by molar-refractivity contribution is 0.670. The Morgan fingerprint density at radius 2 is 0.758 bits per heavy atom. The quantitative estimate of drug-likeness (QED) is 0.150. The van der Waals surface area contributed by atoms with Gasteiger partial charge in [-0.05, 0) is 126 Å². The fraction of sp³-hybridized carbons (Fsp3) is 0. The molecule has 1 aromatic heterocycles. The first kappa shape index (κ1) is 35.7. The minimum Gasteiger partial charge on any atom is -0.455 e. The van der Waals surface area contributed by atoms with E-state index in [2.05, 4.69) is 229 Å². The number of benzene rings is 11. The third kappa shape index (κ3) is 6.12. The molecule has 2 heteroatoms. The number of hydrogen-bond donors (Lipinski definition) is 0. The summed E-state index contributed by atoms with van der Waals surface area (Å²) in [5.41, 5.74) is 14.5. The van der Waals surface area contributed by atoms with Crippen molar-refractivity contribution in [2.75, 3.05) is 4.90 Å². The third-order valence-electron chi connectivity index (χ3n) is 12.5. The molecule has 0 unspecified atom stereocenters. The molecule has 62 heavy (non-hydrogen) atoms. The van der Waals surface area contributed by atoms with Crippen LogP contribution in [0.2, 0.25) is 0 Å². The lowest BCUT2D eigenvalue weighted by Crippen LogP contribution is -2.09. The van der Waals surface area contributed by atoms with Crippen molar-refractivity contribution >= 4 is 71.3 Å². The summed E-state index contributed by atoms with van der Waals surface area (Å²) in [6.07, 6.45) is 0. The van der Waals surface area contributed by atoms with Crippen LogP contribution in [0.1, 0.15) is 0 Å². The van der Waals surface area contributed by atoms with Gasteiger partial charge in [0.2, 0.25) is 0 Å². The number of nitrogens with zero attached hydrogens (tertiary/aromatic N) is 1. The van der Waals surface area contributed by atoms with E-state index in [4.69, 9.17) is 4.42 Å². The summed E-state index contributed by atoms with van der Waals surface area (Å²) in [7, 11) is 0. The molecule has 12 aromatic rings. The summed E-state index contributed by atoms with van der Waals surface area (Å²) >= 11 is 0. The summed E-state index contributed by atoms with van der Waals surface area (Å²) in [6, 6.07) is 85.4. The van der Waals surface area contributed by atoms with Gasteiger partial charge in [0.25, 0.3) is 0 Å². The van der Waals surface area contributed by atoms with E-state index in [-0.39, 0.29) is 0 Å². The van der Waals surface area contributed by atoms with Crippen molar-refractivity contribution in [1.82, 2.24) is 0 Å². The molecule has 11 aromatic carbocycles. The van der Waals surface area contributed by atoms with Crippen LogP contribution in [0.3, 0.4) is 0 Å².